The number of carbonyl (C=O) groups is 2. The Hall–Kier alpha value is -2.99. The number of halogens is 1. The van der Waals surface area contributed by atoms with E-state index >= 15 is 0 Å². The lowest BCUT2D eigenvalue weighted by molar-refractivity contribution is -0.146. The molecule has 2 aromatic rings. The number of nitrogens with one attached hydrogen (secondary N) is 1. The average Bonchev–Trinajstić information content (AvgIpc) is 3.22. The maximum absolute atomic E-state index is 12.3. The third kappa shape index (κ3) is 5.13. The number of benzene rings is 2. The van der Waals surface area contributed by atoms with E-state index in [1.807, 2.05) is 18.2 Å². The minimum atomic E-state index is -1.16. The predicted molar refractivity (Wildman–Crippen MR) is 115 cm³/mol. The number of carboxylic acid groups (broad SMARTS) is 1. The first-order chi connectivity index (χ1) is 14.4. The molecule has 0 bridgehead atoms. The third-order valence-electron chi connectivity index (χ3n) is 5.18. The number of rotatable bonds is 8. The van der Waals surface area contributed by atoms with Gasteiger partial charge in [-0.15, -0.1) is 0 Å². The van der Waals surface area contributed by atoms with Crippen LogP contribution in [0.4, 0.5) is 0 Å². The van der Waals surface area contributed by atoms with Crippen molar-refractivity contribution in [3.63, 3.8) is 0 Å². The van der Waals surface area contributed by atoms with Gasteiger partial charge in [-0.1, -0.05) is 48.7 Å². The Kier molecular flexibility index (Phi) is 7.00. The Bertz CT molecular complexity index is 950. The number of carboxylic acids is 1. The van der Waals surface area contributed by atoms with Gasteiger partial charge in [0.1, 0.15) is 12.1 Å². The molecule has 7 heteroatoms. The van der Waals surface area contributed by atoms with Gasteiger partial charge < -0.3 is 19.9 Å². The lowest BCUT2D eigenvalue weighted by Gasteiger charge is -2.24. The van der Waals surface area contributed by atoms with Gasteiger partial charge in [-0.25, -0.2) is 4.79 Å². The second-order valence-electron chi connectivity index (χ2n) is 7.21. The second kappa shape index (κ2) is 9.67. The first-order valence-electron chi connectivity index (χ1n) is 9.71. The fraction of sp³-hybridized carbons (Fsp3) is 0.304. The predicted octanol–water partition coefficient (Wildman–Crippen LogP) is 4.45. The summed E-state index contributed by atoms with van der Waals surface area (Å²) in [7, 11) is 1.54. The maximum Gasteiger partial charge on any atom is 0.329 e. The number of aliphatic carboxylic acids is 1. The molecule has 30 heavy (non-hydrogen) atoms. The molecule has 1 aliphatic rings. The number of hydrogen-bond acceptors (Lipinski definition) is 4. The monoisotopic (exact) mass is 429 g/mol. The Morgan fingerprint density at radius 2 is 1.90 bits per heavy atom. The molecule has 158 valence electrons. The van der Waals surface area contributed by atoms with E-state index in [0.29, 0.717) is 36.0 Å². The molecule has 0 radical (unpaired) electrons. The molecule has 0 unspecified atom stereocenters. The van der Waals surface area contributed by atoms with Crippen LogP contribution in [-0.2, 0) is 16.2 Å². The minimum Gasteiger partial charge on any atom is -0.493 e. The molecular formula is C23H24ClNO5. The van der Waals surface area contributed by atoms with E-state index in [2.05, 4.69) is 5.32 Å². The topological polar surface area (TPSA) is 84.9 Å². The third-order valence-corrected chi connectivity index (χ3v) is 5.55. The van der Waals surface area contributed by atoms with Crippen molar-refractivity contribution in [2.45, 2.75) is 37.8 Å². The van der Waals surface area contributed by atoms with E-state index in [-0.39, 0.29) is 0 Å². The Balaban J connectivity index is 1.66. The van der Waals surface area contributed by atoms with Crippen LogP contribution in [0, 0.1) is 0 Å². The SMILES string of the molecule is COc1cc(/C=C/C(=O)NC2(C(=O)O)CCCC2)ccc1OCc1ccccc1Cl. The molecule has 2 N–H and O–H groups in total. The van der Waals surface area contributed by atoms with Gasteiger partial charge in [-0.3, -0.25) is 4.79 Å². The largest absolute Gasteiger partial charge is 0.493 e. The van der Waals surface area contributed by atoms with Gasteiger partial charge in [-0.05, 0) is 42.7 Å². The van der Waals surface area contributed by atoms with Crippen molar-refractivity contribution in [1.29, 1.82) is 0 Å². The molecule has 6 nitrogen and oxygen atoms in total. The van der Waals surface area contributed by atoms with Crippen LogP contribution in [0.1, 0.15) is 36.8 Å². The van der Waals surface area contributed by atoms with Gasteiger partial charge in [0.2, 0.25) is 5.91 Å². The zero-order valence-corrected chi connectivity index (χ0v) is 17.4. The van der Waals surface area contributed by atoms with Crippen molar-refractivity contribution in [2.24, 2.45) is 0 Å². The summed E-state index contributed by atoms with van der Waals surface area (Å²) in [5, 5.41) is 12.7. The Morgan fingerprint density at radius 3 is 2.57 bits per heavy atom. The summed E-state index contributed by atoms with van der Waals surface area (Å²) >= 11 is 6.16. The van der Waals surface area contributed by atoms with Crippen LogP contribution < -0.4 is 14.8 Å². The van der Waals surface area contributed by atoms with Gasteiger partial charge in [0.15, 0.2) is 11.5 Å². The van der Waals surface area contributed by atoms with Crippen LogP contribution in [0.3, 0.4) is 0 Å². The fourth-order valence-corrected chi connectivity index (χ4v) is 3.69. The van der Waals surface area contributed by atoms with Crippen molar-refractivity contribution in [2.75, 3.05) is 7.11 Å². The van der Waals surface area contributed by atoms with Gasteiger partial charge >= 0.3 is 5.97 Å². The quantitative estimate of drug-likeness (QED) is 0.605. The van der Waals surface area contributed by atoms with Crippen LogP contribution in [0.15, 0.2) is 48.5 Å². The normalized spacial score (nSPS) is 15.1. The van der Waals surface area contributed by atoms with E-state index < -0.39 is 17.4 Å². The van der Waals surface area contributed by atoms with Gasteiger partial charge in [0, 0.05) is 16.7 Å². The first-order valence-corrected chi connectivity index (χ1v) is 10.1. The Labute approximate surface area is 180 Å². The second-order valence-corrected chi connectivity index (χ2v) is 7.61. The van der Waals surface area contributed by atoms with Crippen LogP contribution in [0.25, 0.3) is 6.08 Å². The lowest BCUT2D eigenvalue weighted by atomic mass is 9.98. The van der Waals surface area contributed by atoms with Crippen LogP contribution in [0.5, 0.6) is 11.5 Å². The Morgan fingerprint density at radius 1 is 1.17 bits per heavy atom. The summed E-state index contributed by atoms with van der Waals surface area (Å²) in [5.74, 6) is -0.349. The highest BCUT2D eigenvalue weighted by Crippen LogP contribution is 2.31. The molecule has 1 saturated carbocycles. The molecule has 0 spiro atoms. The van der Waals surface area contributed by atoms with Crippen LogP contribution in [-0.4, -0.2) is 29.6 Å². The molecule has 0 aliphatic heterocycles. The molecule has 0 aromatic heterocycles. The summed E-state index contributed by atoms with van der Waals surface area (Å²) in [6.07, 6.45) is 5.44. The van der Waals surface area contributed by atoms with Crippen molar-refractivity contribution >= 4 is 29.6 Å². The van der Waals surface area contributed by atoms with Crippen molar-refractivity contribution in [1.82, 2.24) is 5.32 Å². The number of methoxy groups -OCH3 is 1. The van der Waals surface area contributed by atoms with Gasteiger partial charge in [0.25, 0.3) is 0 Å². The standard InChI is InChI=1S/C23H24ClNO5/c1-29-20-14-16(8-10-19(20)30-15-17-6-2-3-7-18(17)24)9-11-21(26)25-23(22(27)28)12-4-5-13-23/h2-3,6-11,14H,4-5,12-13,15H2,1H3,(H,25,26)(H,27,28)/b11-9+. The highest BCUT2D eigenvalue weighted by atomic mass is 35.5. The summed E-state index contributed by atoms with van der Waals surface area (Å²) in [6, 6.07) is 12.7. The number of amides is 1. The van der Waals surface area contributed by atoms with E-state index in [1.165, 1.54) is 13.2 Å². The van der Waals surface area contributed by atoms with Crippen molar-refractivity contribution < 1.29 is 24.2 Å². The molecule has 0 saturated heterocycles. The molecule has 2 aromatic carbocycles. The molecule has 3 rings (SSSR count). The lowest BCUT2D eigenvalue weighted by Crippen LogP contribution is -2.52. The van der Waals surface area contributed by atoms with E-state index in [0.717, 1.165) is 24.0 Å². The molecule has 0 atom stereocenters. The molecule has 1 fully saturated rings. The summed E-state index contributed by atoms with van der Waals surface area (Å²) in [6.45, 7) is 0.297. The fourth-order valence-electron chi connectivity index (χ4n) is 3.50. The van der Waals surface area contributed by atoms with E-state index in [1.54, 1.807) is 30.3 Å². The molecular weight excluding hydrogens is 406 g/mol. The summed E-state index contributed by atoms with van der Waals surface area (Å²) < 4.78 is 11.2. The number of hydrogen-bond donors (Lipinski definition) is 2. The average molecular weight is 430 g/mol. The van der Waals surface area contributed by atoms with Crippen LogP contribution in [0.2, 0.25) is 5.02 Å². The van der Waals surface area contributed by atoms with Crippen molar-refractivity contribution in [3.8, 4) is 11.5 Å². The smallest absolute Gasteiger partial charge is 0.329 e. The van der Waals surface area contributed by atoms with Gasteiger partial charge in [-0.2, -0.15) is 0 Å². The van der Waals surface area contributed by atoms with Crippen molar-refractivity contribution in [3.05, 3.63) is 64.7 Å². The minimum absolute atomic E-state index is 0.297. The van der Waals surface area contributed by atoms with E-state index in [9.17, 15) is 14.7 Å². The van der Waals surface area contributed by atoms with Gasteiger partial charge in [0.05, 0.1) is 7.11 Å². The highest BCUT2D eigenvalue weighted by Gasteiger charge is 2.42. The molecule has 1 amide bonds. The molecule has 1 aliphatic carbocycles. The highest BCUT2D eigenvalue weighted by molar-refractivity contribution is 6.31. The van der Waals surface area contributed by atoms with E-state index in [4.69, 9.17) is 21.1 Å². The number of ether oxygens (including phenoxy) is 2. The first kappa shape index (κ1) is 21.7. The van der Waals surface area contributed by atoms with Crippen LogP contribution >= 0.6 is 11.6 Å². The zero-order valence-electron chi connectivity index (χ0n) is 16.7. The zero-order chi connectivity index (χ0) is 21.6. The summed E-state index contributed by atoms with van der Waals surface area (Å²) in [4.78, 5) is 23.8. The molecule has 0 heterocycles. The summed E-state index contributed by atoms with van der Waals surface area (Å²) in [5.41, 5.74) is 0.430. The maximum atomic E-state index is 12.3. The number of carbonyl (C=O) groups excluding carboxylic acids is 1.